The summed E-state index contributed by atoms with van der Waals surface area (Å²) < 4.78 is 0. The second kappa shape index (κ2) is 6.36. The van der Waals surface area contributed by atoms with E-state index in [1.54, 1.807) is 24.3 Å². The SMILES string of the molecule is O=C(NC1CCCC1)c1ccc(-c2ccc(Cl)cc2)[nH]c1=O. The van der Waals surface area contributed by atoms with Gasteiger partial charge < -0.3 is 10.3 Å². The molecule has 0 bridgehead atoms. The first-order chi connectivity index (χ1) is 10.6. The van der Waals surface area contributed by atoms with E-state index in [0.717, 1.165) is 31.2 Å². The molecule has 2 aromatic rings. The molecule has 5 heteroatoms. The lowest BCUT2D eigenvalue weighted by atomic mass is 10.1. The lowest BCUT2D eigenvalue weighted by Crippen LogP contribution is -2.36. The number of H-pyrrole nitrogens is 1. The number of halogens is 1. The molecule has 4 nitrogen and oxygen atoms in total. The van der Waals surface area contributed by atoms with E-state index in [0.29, 0.717) is 10.7 Å². The van der Waals surface area contributed by atoms with Crippen LogP contribution in [0.3, 0.4) is 0 Å². The average molecular weight is 317 g/mol. The molecule has 0 aliphatic heterocycles. The number of carbonyl (C=O) groups is 1. The molecular formula is C17H17ClN2O2. The zero-order valence-electron chi connectivity index (χ0n) is 12.1. The Morgan fingerprint density at radius 1 is 1.09 bits per heavy atom. The van der Waals surface area contributed by atoms with Crippen molar-refractivity contribution in [1.82, 2.24) is 10.3 Å². The van der Waals surface area contributed by atoms with E-state index in [9.17, 15) is 9.59 Å². The molecule has 3 rings (SSSR count). The van der Waals surface area contributed by atoms with Gasteiger partial charge in [-0.1, -0.05) is 36.6 Å². The van der Waals surface area contributed by atoms with Crippen LogP contribution in [0, 0.1) is 0 Å². The second-order valence-corrected chi connectivity index (χ2v) is 6.01. The fraction of sp³-hybridized carbons (Fsp3) is 0.294. The largest absolute Gasteiger partial charge is 0.349 e. The number of aromatic nitrogens is 1. The predicted octanol–water partition coefficient (Wildman–Crippen LogP) is 3.37. The maximum absolute atomic E-state index is 12.2. The van der Waals surface area contributed by atoms with Crippen LogP contribution in [-0.4, -0.2) is 16.9 Å². The minimum Gasteiger partial charge on any atom is -0.349 e. The van der Waals surface area contributed by atoms with E-state index in [-0.39, 0.29) is 23.1 Å². The van der Waals surface area contributed by atoms with Crippen LogP contribution < -0.4 is 10.9 Å². The van der Waals surface area contributed by atoms with Crippen LogP contribution in [0.15, 0.2) is 41.2 Å². The van der Waals surface area contributed by atoms with Crippen LogP contribution in [0.5, 0.6) is 0 Å². The van der Waals surface area contributed by atoms with Crippen molar-refractivity contribution in [3.05, 3.63) is 57.3 Å². The third-order valence-corrected chi connectivity index (χ3v) is 4.25. The smallest absolute Gasteiger partial charge is 0.261 e. The van der Waals surface area contributed by atoms with Crippen molar-refractivity contribution in [2.24, 2.45) is 0 Å². The number of pyridine rings is 1. The fourth-order valence-corrected chi connectivity index (χ4v) is 2.91. The van der Waals surface area contributed by atoms with Crippen LogP contribution in [0.1, 0.15) is 36.0 Å². The second-order valence-electron chi connectivity index (χ2n) is 5.58. The molecule has 2 N–H and O–H groups in total. The maximum Gasteiger partial charge on any atom is 0.261 e. The van der Waals surface area contributed by atoms with E-state index in [1.807, 2.05) is 12.1 Å². The molecular weight excluding hydrogens is 300 g/mol. The summed E-state index contributed by atoms with van der Waals surface area (Å²) in [6.45, 7) is 0. The van der Waals surface area contributed by atoms with Gasteiger partial charge in [0.15, 0.2) is 0 Å². The van der Waals surface area contributed by atoms with Crippen LogP contribution in [0.25, 0.3) is 11.3 Å². The first kappa shape index (κ1) is 14.9. The first-order valence-electron chi connectivity index (χ1n) is 7.43. The third-order valence-electron chi connectivity index (χ3n) is 4.00. The van der Waals surface area contributed by atoms with Crippen molar-refractivity contribution in [2.75, 3.05) is 0 Å². The Morgan fingerprint density at radius 3 is 2.41 bits per heavy atom. The van der Waals surface area contributed by atoms with Gasteiger partial charge in [-0.05, 0) is 42.7 Å². The van der Waals surface area contributed by atoms with Crippen molar-refractivity contribution in [3.63, 3.8) is 0 Å². The van der Waals surface area contributed by atoms with Gasteiger partial charge in [-0.25, -0.2) is 0 Å². The lowest BCUT2D eigenvalue weighted by molar-refractivity contribution is 0.0936. The van der Waals surface area contributed by atoms with Gasteiger partial charge in [0.05, 0.1) is 0 Å². The Bertz CT molecular complexity index is 731. The van der Waals surface area contributed by atoms with E-state index < -0.39 is 0 Å². The van der Waals surface area contributed by atoms with Crippen LogP contribution >= 0.6 is 11.6 Å². The molecule has 0 spiro atoms. The Hall–Kier alpha value is -2.07. The first-order valence-corrected chi connectivity index (χ1v) is 7.81. The van der Waals surface area contributed by atoms with E-state index in [1.165, 1.54) is 0 Å². The molecule has 0 atom stereocenters. The fourth-order valence-electron chi connectivity index (χ4n) is 2.78. The number of carbonyl (C=O) groups excluding carboxylic acids is 1. The molecule has 1 saturated carbocycles. The highest BCUT2D eigenvalue weighted by atomic mass is 35.5. The quantitative estimate of drug-likeness (QED) is 0.912. The number of amides is 1. The molecule has 1 aromatic heterocycles. The predicted molar refractivity (Wildman–Crippen MR) is 87.2 cm³/mol. The Labute approximate surface area is 133 Å². The molecule has 114 valence electrons. The zero-order chi connectivity index (χ0) is 15.5. The van der Waals surface area contributed by atoms with E-state index >= 15 is 0 Å². The van der Waals surface area contributed by atoms with Gasteiger partial charge in [-0.2, -0.15) is 0 Å². The van der Waals surface area contributed by atoms with Crippen molar-refractivity contribution in [1.29, 1.82) is 0 Å². The van der Waals surface area contributed by atoms with Gasteiger partial charge in [-0.3, -0.25) is 9.59 Å². The molecule has 1 heterocycles. The van der Waals surface area contributed by atoms with Crippen molar-refractivity contribution in [3.8, 4) is 11.3 Å². The summed E-state index contributed by atoms with van der Waals surface area (Å²) in [5, 5.41) is 3.56. The van der Waals surface area contributed by atoms with Crippen LogP contribution in [-0.2, 0) is 0 Å². The van der Waals surface area contributed by atoms with Gasteiger partial charge in [0.1, 0.15) is 5.56 Å². The number of aromatic amines is 1. The lowest BCUT2D eigenvalue weighted by Gasteiger charge is -2.11. The number of nitrogens with one attached hydrogen (secondary N) is 2. The molecule has 1 aliphatic rings. The Balaban J connectivity index is 1.81. The van der Waals surface area contributed by atoms with Crippen molar-refractivity contribution in [2.45, 2.75) is 31.7 Å². The number of benzene rings is 1. The standard InChI is InChI=1S/C17H17ClN2O2/c18-12-7-5-11(6-8-12)15-10-9-14(17(22)20-15)16(21)19-13-3-1-2-4-13/h5-10,13H,1-4H2,(H,19,21)(H,20,22). The van der Waals surface area contributed by atoms with Gasteiger partial charge in [0.25, 0.3) is 11.5 Å². The van der Waals surface area contributed by atoms with E-state index in [4.69, 9.17) is 11.6 Å². The molecule has 0 unspecified atom stereocenters. The minimum absolute atomic E-state index is 0.157. The molecule has 0 radical (unpaired) electrons. The summed E-state index contributed by atoms with van der Waals surface area (Å²) in [6, 6.07) is 10.7. The summed E-state index contributed by atoms with van der Waals surface area (Å²) in [7, 11) is 0. The van der Waals surface area contributed by atoms with Crippen LogP contribution in [0.4, 0.5) is 0 Å². The summed E-state index contributed by atoms with van der Waals surface area (Å²) >= 11 is 5.85. The van der Waals surface area contributed by atoms with Gasteiger partial charge >= 0.3 is 0 Å². The Morgan fingerprint density at radius 2 is 1.77 bits per heavy atom. The minimum atomic E-state index is -0.372. The highest BCUT2D eigenvalue weighted by molar-refractivity contribution is 6.30. The number of rotatable bonds is 3. The van der Waals surface area contributed by atoms with Crippen LogP contribution in [0.2, 0.25) is 5.02 Å². The van der Waals surface area contributed by atoms with Gasteiger partial charge in [0.2, 0.25) is 0 Å². The van der Waals surface area contributed by atoms with E-state index in [2.05, 4.69) is 10.3 Å². The summed E-state index contributed by atoms with van der Waals surface area (Å²) in [4.78, 5) is 27.1. The average Bonchev–Trinajstić information content (AvgIpc) is 3.00. The Kier molecular flexibility index (Phi) is 4.29. The molecule has 22 heavy (non-hydrogen) atoms. The molecule has 0 saturated heterocycles. The number of hydrogen-bond donors (Lipinski definition) is 2. The molecule has 1 amide bonds. The van der Waals surface area contributed by atoms with Crippen molar-refractivity contribution >= 4 is 17.5 Å². The summed E-state index contributed by atoms with van der Waals surface area (Å²) in [6.07, 6.45) is 4.26. The topological polar surface area (TPSA) is 62.0 Å². The maximum atomic E-state index is 12.2. The van der Waals surface area contributed by atoms with Gasteiger partial charge in [-0.15, -0.1) is 0 Å². The third kappa shape index (κ3) is 3.22. The van der Waals surface area contributed by atoms with Gasteiger partial charge in [0, 0.05) is 16.8 Å². The highest BCUT2D eigenvalue weighted by Crippen LogP contribution is 2.20. The highest BCUT2D eigenvalue weighted by Gasteiger charge is 2.19. The monoisotopic (exact) mass is 316 g/mol. The normalized spacial score (nSPS) is 15.0. The zero-order valence-corrected chi connectivity index (χ0v) is 12.8. The molecule has 1 aliphatic carbocycles. The van der Waals surface area contributed by atoms with Crippen molar-refractivity contribution < 1.29 is 4.79 Å². The summed E-state index contributed by atoms with van der Waals surface area (Å²) in [5.74, 6) is -0.296. The molecule has 1 fully saturated rings. The summed E-state index contributed by atoms with van der Waals surface area (Å²) in [5.41, 5.74) is 1.30. The number of hydrogen-bond acceptors (Lipinski definition) is 2. The molecule has 1 aromatic carbocycles.